The van der Waals surface area contributed by atoms with Gasteiger partial charge in [0.2, 0.25) is 0 Å². The van der Waals surface area contributed by atoms with Crippen molar-refractivity contribution in [3.8, 4) is 0 Å². The van der Waals surface area contributed by atoms with E-state index in [1.807, 2.05) is 12.1 Å². The van der Waals surface area contributed by atoms with Crippen molar-refractivity contribution < 1.29 is 5.11 Å². The maximum Gasteiger partial charge on any atom is 0.0681 e. The van der Waals surface area contributed by atoms with Gasteiger partial charge in [0.1, 0.15) is 0 Å². The maximum atomic E-state index is 9.18. The minimum absolute atomic E-state index is 0.120. The van der Waals surface area contributed by atoms with Crippen molar-refractivity contribution in [2.75, 3.05) is 6.54 Å². The number of hydrogen-bond acceptors (Lipinski definition) is 2. The van der Waals surface area contributed by atoms with Gasteiger partial charge in [0.25, 0.3) is 0 Å². The first-order valence-corrected chi connectivity index (χ1v) is 7.64. The normalized spacial score (nSPS) is 14.3. The summed E-state index contributed by atoms with van der Waals surface area (Å²) in [6, 6.07) is 8.55. The maximum absolute atomic E-state index is 9.18. The summed E-state index contributed by atoms with van der Waals surface area (Å²) in [5, 5.41) is 12.8. The largest absolute Gasteiger partial charge is 0.392 e. The van der Waals surface area contributed by atoms with Gasteiger partial charge in [0.05, 0.1) is 6.61 Å². The van der Waals surface area contributed by atoms with Crippen molar-refractivity contribution in [2.45, 2.75) is 59.1 Å². The van der Waals surface area contributed by atoms with Gasteiger partial charge in [-0.25, -0.2) is 0 Å². The molecule has 108 valence electrons. The fourth-order valence-corrected chi connectivity index (χ4v) is 2.37. The molecule has 1 aromatic carbocycles. The van der Waals surface area contributed by atoms with Gasteiger partial charge in [-0.05, 0) is 36.9 Å². The Morgan fingerprint density at radius 2 is 2.05 bits per heavy atom. The average molecular weight is 263 g/mol. The summed E-state index contributed by atoms with van der Waals surface area (Å²) in [5.41, 5.74) is 2.25. The highest BCUT2D eigenvalue weighted by Gasteiger charge is 2.09. The Bertz CT molecular complexity index is 351. The lowest BCUT2D eigenvalue weighted by Gasteiger charge is -2.20. The lowest BCUT2D eigenvalue weighted by Crippen LogP contribution is -2.25. The molecule has 0 bridgehead atoms. The first kappa shape index (κ1) is 16.2. The number of benzene rings is 1. The summed E-state index contributed by atoms with van der Waals surface area (Å²) in [7, 11) is 0. The van der Waals surface area contributed by atoms with Crippen LogP contribution >= 0.6 is 0 Å². The quantitative estimate of drug-likeness (QED) is 0.704. The van der Waals surface area contributed by atoms with E-state index in [0.717, 1.165) is 18.0 Å². The molecule has 0 aliphatic rings. The molecule has 0 spiro atoms. The molecule has 2 heteroatoms. The van der Waals surface area contributed by atoms with Gasteiger partial charge in [-0.1, -0.05) is 57.4 Å². The fourth-order valence-electron chi connectivity index (χ4n) is 2.37. The van der Waals surface area contributed by atoms with Crippen LogP contribution in [0.25, 0.3) is 0 Å². The van der Waals surface area contributed by atoms with Crippen LogP contribution in [-0.2, 0) is 6.61 Å². The highest BCUT2D eigenvalue weighted by Crippen LogP contribution is 2.17. The zero-order valence-corrected chi connectivity index (χ0v) is 12.7. The highest BCUT2D eigenvalue weighted by atomic mass is 16.3. The van der Waals surface area contributed by atoms with Crippen molar-refractivity contribution in [3.63, 3.8) is 0 Å². The molecule has 0 amide bonds. The van der Waals surface area contributed by atoms with E-state index in [-0.39, 0.29) is 6.61 Å². The van der Waals surface area contributed by atoms with E-state index in [1.54, 1.807) is 0 Å². The molecule has 0 fully saturated rings. The number of aliphatic hydroxyl groups excluding tert-OH is 1. The Hall–Kier alpha value is -0.860. The molecule has 0 radical (unpaired) electrons. The van der Waals surface area contributed by atoms with Gasteiger partial charge in [0, 0.05) is 6.04 Å². The molecule has 2 nitrogen and oxygen atoms in total. The number of nitrogens with one attached hydrogen (secondary N) is 1. The Labute approximate surface area is 118 Å². The molecule has 0 aliphatic carbocycles. The van der Waals surface area contributed by atoms with Crippen LogP contribution in [0.2, 0.25) is 0 Å². The van der Waals surface area contributed by atoms with Crippen LogP contribution < -0.4 is 5.32 Å². The van der Waals surface area contributed by atoms with Gasteiger partial charge >= 0.3 is 0 Å². The fraction of sp³-hybridized carbons (Fsp3) is 0.647. The molecule has 0 saturated carbocycles. The molecule has 1 rings (SSSR count). The molecule has 0 aromatic heterocycles. The van der Waals surface area contributed by atoms with Crippen LogP contribution in [0.3, 0.4) is 0 Å². The third-order valence-corrected chi connectivity index (χ3v) is 3.89. The zero-order chi connectivity index (χ0) is 14.1. The monoisotopic (exact) mass is 263 g/mol. The number of aliphatic hydroxyl groups is 1. The highest BCUT2D eigenvalue weighted by molar-refractivity contribution is 5.25. The van der Waals surface area contributed by atoms with E-state index >= 15 is 0 Å². The van der Waals surface area contributed by atoms with Crippen LogP contribution in [0.5, 0.6) is 0 Å². The molecule has 1 aromatic rings. The zero-order valence-electron chi connectivity index (χ0n) is 12.7. The van der Waals surface area contributed by atoms with Crippen molar-refractivity contribution in [1.29, 1.82) is 0 Å². The van der Waals surface area contributed by atoms with Gasteiger partial charge in [-0.3, -0.25) is 0 Å². The van der Waals surface area contributed by atoms with Crippen LogP contribution in [-0.4, -0.2) is 11.7 Å². The van der Waals surface area contributed by atoms with Gasteiger partial charge in [-0.15, -0.1) is 0 Å². The Kier molecular flexibility index (Phi) is 7.76. The third kappa shape index (κ3) is 5.75. The predicted octanol–water partition coefficient (Wildman–Crippen LogP) is 4.05. The minimum Gasteiger partial charge on any atom is -0.392 e. The predicted molar refractivity (Wildman–Crippen MR) is 82.1 cm³/mol. The van der Waals surface area contributed by atoms with Crippen LogP contribution in [0, 0.1) is 5.92 Å². The molecule has 0 heterocycles. The second-order valence-electron chi connectivity index (χ2n) is 5.45. The van der Waals surface area contributed by atoms with E-state index in [9.17, 15) is 5.11 Å². The smallest absolute Gasteiger partial charge is 0.0681 e. The lowest BCUT2D eigenvalue weighted by molar-refractivity contribution is 0.281. The van der Waals surface area contributed by atoms with Crippen molar-refractivity contribution in [1.82, 2.24) is 5.32 Å². The van der Waals surface area contributed by atoms with E-state index in [1.165, 1.54) is 31.2 Å². The van der Waals surface area contributed by atoms with Crippen LogP contribution in [0.1, 0.15) is 63.6 Å². The second-order valence-corrected chi connectivity index (χ2v) is 5.45. The van der Waals surface area contributed by atoms with Gasteiger partial charge in [-0.2, -0.15) is 0 Å². The second kappa shape index (κ2) is 9.11. The number of hydrogen-bond donors (Lipinski definition) is 2. The molecule has 2 N–H and O–H groups in total. The van der Waals surface area contributed by atoms with E-state index < -0.39 is 0 Å². The molecular weight excluding hydrogens is 234 g/mol. The Balaban J connectivity index is 2.46. The first-order valence-electron chi connectivity index (χ1n) is 7.64. The van der Waals surface area contributed by atoms with Crippen LogP contribution in [0.4, 0.5) is 0 Å². The standard InChI is InChI=1S/C17H29NO/c1-4-6-8-15(5-2)12-18-14(3)17-10-7-9-16(11-17)13-19/h7,9-11,14-15,18-19H,4-6,8,12-13H2,1-3H3/t14-,15+/m1/s1. The lowest BCUT2D eigenvalue weighted by atomic mass is 9.98. The molecule has 2 atom stereocenters. The van der Waals surface area contributed by atoms with Crippen molar-refractivity contribution in [2.24, 2.45) is 5.92 Å². The molecule has 0 saturated heterocycles. The Morgan fingerprint density at radius 1 is 1.26 bits per heavy atom. The number of rotatable bonds is 9. The van der Waals surface area contributed by atoms with E-state index in [2.05, 4.69) is 38.2 Å². The van der Waals surface area contributed by atoms with Gasteiger partial charge < -0.3 is 10.4 Å². The average Bonchev–Trinajstić information content (AvgIpc) is 2.47. The Morgan fingerprint density at radius 3 is 2.68 bits per heavy atom. The summed E-state index contributed by atoms with van der Waals surface area (Å²) < 4.78 is 0. The molecule has 19 heavy (non-hydrogen) atoms. The summed E-state index contributed by atoms with van der Waals surface area (Å²) >= 11 is 0. The van der Waals surface area contributed by atoms with Gasteiger partial charge in [0.15, 0.2) is 0 Å². The molecular formula is C17H29NO. The molecule has 0 unspecified atom stereocenters. The number of unbranched alkanes of at least 4 members (excludes halogenated alkanes) is 1. The van der Waals surface area contributed by atoms with Crippen molar-refractivity contribution in [3.05, 3.63) is 35.4 Å². The topological polar surface area (TPSA) is 32.3 Å². The first-order chi connectivity index (χ1) is 9.21. The minimum atomic E-state index is 0.120. The third-order valence-electron chi connectivity index (χ3n) is 3.89. The summed E-state index contributed by atoms with van der Waals surface area (Å²) in [6.45, 7) is 7.93. The SMILES string of the molecule is CCCC[C@H](CC)CN[C@H](C)c1cccc(CO)c1. The van der Waals surface area contributed by atoms with E-state index in [0.29, 0.717) is 6.04 Å². The molecule has 0 aliphatic heterocycles. The van der Waals surface area contributed by atoms with Crippen molar-refractivity contribution >= 4 is 0 Å². The summed E-state index contributed by atoms with van der Waals surface area (Å²) in [4.78, 5) is 0. The summed E-state index contributed by atoms with van der Waals surface area (Å²) in [6.07, 6.45) is 5.18. The van der Waals surface area contributed by atoms with E-state index in [4.69, 9.17) is 0 Å². The summed E-state index contributed by atoms with van der Waals surface area (Å²) in [5.74, 6) is 0.781. The van der Waals surface area contributed by atoms with Crippen LogP contribution in [0.15, 0.2) is 24.3 Å².